The van der Waals surface area contributed by atoms with Crippen molar-refractivity contribution in [3.63, 3.8) is 0 Å². The van der Waals surface area contributed by atoms with Crippen LogP contribution in [0.15, 0.2) is 12.2 Å². The number of rotatable bonds is 5. The molecule has 1 rings (SSSR count). The van der Waals surface area contributed by atoms with Gasteiger partial charge >= 0.3 is 0 Å². The summed E-state index contributed by atoms with van der Waals surface area (Å²) in [4.78, 5) is 0. The molecule has 1 N–H and O–H groups in total. The third-order valence-electron chi connectivity index (χ3n) is 3.14. The van der Waals surface area contributed by atoms with Crippen molar-refractivity contribution in [3.05, 3.63) is 12.2 Å². The maximum Gasteiger partial charge on any atom is 0.0281 e. The molecule has 1 aliphatic rings. The van der Waals surface area contributed by atoms with Crippen LogP contribution in [0.25, 0.3) is 0 Å². The standard InChI is InChI=1S/C12H23NS/c1-3-4-10-13-11-12(14-2)8-6-5-7-9-12/h3-4,13H,5-11H2,1-2H3/b4-3+. The number of allylic oxidation sites excluding steroid dienone is 1. The quantitative estimate of drug-likeness (QED) is 0.556. The SMILES string of the molecule is C/C=C/CNCC1(SC)CCCCC1. The molecule has 0 heterocycles. The number of hydrogen-bond acceptors (Lipinski definition) is 2. The Balaban J connectivity index is 2.28. The summed E-state index contributed by atoms with van der Waals surface area (Å²) in [6.07, 6.45) is 13.7. The molecule has 0 bridgehead atoms. The van der Waals surface area contributed by atoms with Crippen LogP contribution in [-0.2, 0) is 0 Å². The zero-order chi connectivity index (χ0) is 10.3. The molecule has 1 aliphatic carbocycles. The van der Waals surface area contributed by atoms with Gasteiger partial charge in [0.1, 0.15) is 0 Å². The maximum absolute atomic E-state index is 3.54. The van der Waals surface area contributed by atoms with Crippen molar-refractivity contribution in [2.45, 2.75) is 43.8 Å². The van der Waals surface area contributed by atoms with E-state index in [0.717, 1.165) is 6.54 Å². The van der Waals surface area contributed by atoms with Gasteiger partial charge in [-0.3, -0.25) is 0 Å². The Bertz CT molecular complexity index is 171. The van der Waals surface area contributed by atoms with E-state index in [4.69, 9.17) is 0 Å². The van der Waals surface area contributed by atoms with Crippen LogP contribution in [0.4, 0.5) is 0 Å². The van der Waals surface area contributed by atoms with Gasteiger partial charge in [-0.2, -0.15) is 11.8 Å². The molecule has 0 aromatic rings. The van der Waals surface area contributed by atoms with Crippen molar-refractivity contribution in [1.29, 1.82) is 0 Å². The lowest BCUT2D eigenvalue weighted by Crippen LogP contribution is -2.39. The van der Waals surface area contributed by atoms with E-state index >= 15 is 0 Å². The van der Waals surface area contributed by atoms with Crippen LogP contribution in [-0.4, -0.2) is 24.1 Å². The van der Waals surface area contributed by atoms with Crippen molar-refractivity contribution >= 4 is 11.8 Å². The summed E-state index contributed by atoms with van der Waals surface area (Å²) in [5, 5.41) is 3.54. The summed E-state index contributed by atoms with van der Waals surface area (Å²) in [6.45, 7) is 4.28. The minimum absolute atomic E-state index is 0.541. The molecular formula is C12H23NS. The van der Waals surface area contributed by atoms with Gasteiger partial charge in [0.05, 0.1) is 0 Å². The summed E-state index contributed by atoms with van der Waals surface area (Å²) >= 11 is 2.06. The van der Waals surface area contributed by atoms with E-state index in [0.29, 0.717) is 4.75 Å². The van der Waals surface area contributed by atoms with Gasteiger partial charge in [0.15, 0.2) is 0 Å². The lowest BCUT2D eigenvalue weighted by molar-refractivity contribution is 0.384. The molecule has 0 spiro atoms. The molecule has 14 heavy (non-hydrogen) atoms. The van der Waals surface area contributed by atoms with Crippen LogP contribution >= 0.6 is 11.8 Å². The highest BCUT2D eigenvalue weighted by Crippen LogP contribution is 2.37. The summed E-state index contributed by atoms with van der Waals surface area (Å²) in [7, 11) is 0. The Kier molecular flexibility index (Phi) is 5.64. The molecule has 0 aliphatic heterocycles. The molecule has 1 fully saturated rings. The molecule has 1 saturated carbocycles. The summed E-state index contributed by atoms with van der Waals surface area (Å²) in [5.74, 6) is 0. The van der Waals surface area contributed by atoms with Crippen molar-refractivity contribution in [2.24, 2.45) is 0 Å². The third kappa shape index (κ3) is 3.66. The molecule has 0 saturated heterocycles. The lowest BCUT2D eigenvalue weighted by atomic mass is 9.88. The van der Waals surface area contributed by atoms with Crippen LogP contribution < -0.4 is 5.32 Å². The van der Waals surface area contributed by atoms with E-state index in [9.17, 15) is 0 Å². The molecule has 0 aromatic carbocycles. The average Bonchev–Trinajstić information content (AvgIpc) is 2.26. The molecule has 1 nitrogen and oxygen atoms in total. The fourth-order valence-corrected chi connectivity index (χ4v) is 3.09. The normalized spacial score (nSPS) is 21.6. The largest absolute Gasteiger partial charge is 0.312 e. The number of nitrogens with one attached hydrogen (secondary N) is 1. The van der Waals surface area contributed by atoms with Crippen molar-refractivity contribution in [3.8, 4) is 0 Å². The van der Waals surface area contributed by atoms with Crippen LogP contribution in [0.2, 0.25) is 0 Å². The second kappa shape index (κ2) is 6.52. The Labute approximate surface area is 92.7 Å². The molecule has 0 unspecified atom stereocenters. The predicted octanol–water partition coefficient (Wildman–Crippen LogP) is 3.22. The summed E-state index contributed by atoms with van der Waals surface area (Å²) in [5.41, 5.74) is 0. The first kappa shape index (κ1) is 12.1. The van der Waals surface area contributed by atoms with Gasteiger partial charge in [0.2, 0.25) is 0 Å². The second-order valence-electron chi connectivity index (χ2n) is 4.15. The second-order valence-corrected chi connectivity index (χ2v) is 5.42. The highest BCUT2D eigenvalue weighted by Gasteiger charge is 2.30. The summed E-state index contributed by atoms with van der Waals surface area (Å²) < 4.78 is 0.541. The smallest absolute Gasteiger partial charge is 0.0281 e. The van der Waals surface area contributed by atoms with Crippen LogP contribution in [0, 0.1) is 0 Å². The van der Waals surface area contributed by atoms with E-state index in [1.54, 1.807) is 0 Å². The van der Waals surface area contributed by atoms with Gasteiger partial charge < -0.3 is 5.32 Å². The topological polar surface area (TPSA) is 12.0 Å². The van der Waals surface area contributed by atoms with E-state index in [2.05, 4.69) is 42.4 Å². The van der Waals surface area contributed by atoms with E-state index in [1.807, 2.05) is 0 Å². The highest BCUT2D eigenvalue weighted by atomic mass is 32.2. The number of hydrogen-bond donors (Lipinski definition) is 1. The van der Waals surface area contributed by atoms with Crippen molar-refractivity contribution in [1.82, 2.24) is 5.32 Å². The molecule has 0 atom stereocenters. The molecule has 0 radical (unpaired) electrons. The highest BCUT2D eigenvalue weighted by molar-refractivity contribution is 8.00. The van der Waals surface area contributed by atoms with Crippen molar-refractivity contribution in [2.75, 3.05) is 19.3 Å². The first-order valence-corrected chi connectivity index (χ1v) is 6.92. The van der Waals surface area contributed by atoms with Gasteiger partial charge in [-0.15, -0.1) is 0 Å². The van der Waals surface area contributed by atoms with Gasteiger partial charge in [-0.25, -0.2) is 0 Å². The van der Waals surface area contributed by atoms with E-state index in [-0.39, 0.29) is 0 Å². The fourth-order valence-electron chi connectivity index (χ4n) is 2.15. The fraction of sp³-hybridized carbons (Fsp3) is 0.833. The number of thioether (sulfide) groups is 1. The molecule has 2 heteroatoms. The monoisotopic (exact) mass is 213 g/mol. The Hall–Kier alpha value is 0.0500. The Morgan fingerprint density at radius 2 is 2.00 bits per heavy atom. The molecule has 0 aromatic heterocycles. The third-order valence-corrected chi connectivity index (χ3v) is 4.56. The maximum atomic E-state index is 3.54. The van der Waals surface area contributed by atoms with E-state index in [1.165, 1.54) is 38.6 Å². The molecule has 82 valence electrons. The van der Waals surface area contributed by atoms with Crippen LogP contribution in [0.3, 0.4) is 0 Å². The van der Waals surface area contributed by atoms with Gasteiger partial charge in [0, 0.05) is 17.8 Å². The van der Waals surface area contributed by atoms with Gasteiger partial charge in [-0.05, 0) is 26.0 Å². The summed E-state index contributed by atoms with van der Waals surface area (Å²) in [6, 6.07) is 0. The zero-order valence-corrected chi connectivity index (χ0v) is 10.3. The molecule has 0 amide bonds. The zero-order valence-electron chi connectivity index (χ0n) is 9.51. The Morgan fingerprint density at radius 3 is 2.57 bits per heavy atom. The first-order chi connectivity index (χ1) is 6.83. The van der Waals surface area contributed by atoms with Crippen LogP contribution in [0.5, 0.6) is 0 Å². The van der Waals surface area contributed by atoms with E-state index < -0.39 is 0 Å². The first-order valence-electron chi connectivity index (χ1n) is 5.70. The van der Waals surface area contributed by atoms with Gasteiger partial charge in [0.25, 0.3) is 0 Å². The Morgan fingerprint density at radius 1 is 1.29 bits per heavy atom. The van der Waals surface area contributed by atoms with Crippen molar-refractivity contribution < 1.29 is 0 Å². The minimum Gasteiger partial charge on any atom is -0.312 e. The molecular weight excluding hydrogens is 190 g/mol. The lowest BCUT2D eigenvalue weighted by Gasteiger charge is -2.35. The average molecular weight is 213 g/mol. The minimum atomic E-state index is 0.541. The predicted molar refractivity (Wildman–Crippen MR) is 67.0 cm³/mol. The van der Waals surface area contributed by atoms with Crippen LogP contribution in [0.1, 0.15) is 39.0 Å². The van der Waals surface area contributed by atoms with Gasteiger partial charge in [-0.1, -0.05) is 31.4 Å².